The van der Waals surface area contributed by atoms with Crippen LogP contribution in [-0.2, 0) is 4.74 Å². The van der Waals surface area contributed by atoms with Gasteiger partial charge in [0.25, 0.3) is 0 Å². The van der Waals surface area contributed by atoms with Crippen molar-refractivity contribution in [3.63, 3.8) is 0 Å². The Labute approximate surface area is 130 Å². The predicted molar refractivity (Wildman–Crippen MR) is 83.3 cm³/mol. The van der Waals surface area contributed by atoms with Gasteiger partial charge in [0.05, 0.1) is 24.3 Å². The monoisotopic (exact) mass is 314 g/mol. The van der Waals surface area contributed by atoms with E-state index in [1.807, 2.05) is 19.1 Å². The number of methoxy groups -OCH3 is 1. The van der Waals surface area contributed by atoms with Crippen molar-refractivity contribution in [3.8, 4) is 11.5 Å². The van der Waals surface area contributed by atoms with E-state index in [2.05, 4.69) is 5.32 Å². The van der Waals surface area contributed by atoms with Gasteiger partial charge in [-0.3, -0.25) is 0 Å². The van der Waals surface area contributed by atoms with Crippen molar-refractivity contribution in [2.75, 3.05) is 33.4 Å². The molecule has 0 aliphatic carbocycles. The largest absolute Gasteiger partial charge is 0.489 e. The van der Waals surface area contributed by atoms with Crippen molar-refractivity contribution in [2.24, 2.45) is 5.73 Å². The Kier molecular flexibility index (Phi) is 6.11. The summed E-state index contributed by atoms with van der Waals surface area (Å²) in [4.78, 5) is 0. The zero-order valence-electron chi connectivity index (χ0n) is 12.5. The van der Waals surface area contributed by atoms with Crippen LogP contribution in [0.3, 0.4) is 0 Å². The highest BCUT2D eigenvalue weighted by Gasteiger charge is 2.19. The number of benzene rings is 1. The molecule has 3 N–H and O–H groups in total. The number of fused-ring (bicyclic) bond motifs is 1. The van der Waals surface area contributed by atoms with Crippen molar-refractivity contribution in [2.45, 2.75) is 25.5 Å². The second-order valence-corrected chi connectivity index (χ2v) is 5.53. The van der Waals surface area contributed by atoms with Gasteiger partial charge >= 0.3 is 0 Å². The highest BCUT2D eigenvalue weighted by atomic mass is 35.5. The molecule has 0 aromatic heterocycles. The number of ether oxygens (including phenoxy) is 3. The normalized spacial score (nSPS) is 17.1. The third-order valence-electron chi connectivity index (χ3n) is 3.52. The standard InChI is InChI=1S/C15H23ClN2O3/c1-10(19-2)9-18-13(8-17)11-6-12(16)15-14(7-11)20-4-3-5-21-15/h6-7,10,13,18H,3-5,8-9,17H2,1-2H3. The molecule has 2 rings (SSSR count). The highest BCUT2D eigenvalue weighted by Crippen LogP contribution is 2.39. The molecule has 2 unspecified atom stereocenters. The van der Waals surface area contributed by atoms with Crippen molar-refractivity contribution in [1.29, 1.82) is 0 Å². The van der Waals surface area contributed by atoms with E-state index in [9.17, 15) is 0 Å². The Morgan fingerprint density at radius 2 is 2.14 bits per heavy atom. The molecule has 0 saturated heterocycles. The minimum Gasteiger partial charge on any atom is -0.489 e. The summed E-state index contributed by atoms with van der Waals surface area (Å²) in [6, 6.07) is 3.84. The van der Waals surface area contributed by atoms with Crippen LogP contribution in [0.2, 0.25) is 5.02 Å². The molecule has 0 radical (unpaired) electrons. The van der Waals surface area contributed by atoms with E-state index in [0.717, 1.165) is 12.0 Å². The fourth-order valence-electron chi connectivity index (χ4n) is 2.18. The first-order valence-corrected chi connectivity index (χ1v) is 7.58. The van der Waals surface area contributed by atoms with Gasteiger partial charge in [-0.1, -0.05) is 11.6 Å². The molecule has 118 valence electrons. The first kappa shape index (κ1) is 16.4. The summed E-state index contributed by atoms with van der Waals surface area (Å²) >= 11 is 6.31. The summed E-state index contributed by atoms with van der Waals surface area (Å²) in [5, 5.41) is 3.94. The van der Waals surface area contributed by atoms with E-state index in [0.29, 0.717) is 42.8 Å². The van der Waals surface area contributed by atoms with Crippen molar-refractivity contribution in [3.05, 3.63) is 22.7 Å². The number of rotatable bonds is 6. The van der Waals surface area contributed by atoms with Gasteiger partial charge in [-0.05, 0) is 24.6 Å². The SMILES string of the molecule is COC(C)CNC(CN)c1cc(Cl)c2c(c1)OCCCO2. The van der Waals surface area contributed by atoms with Gasteiger partial charge in [0.15, 0.2) is 11.5 Å². The summed E-state index contributed by atoms with van der Waals surface area (Å²) in [5.74, 6) is 1.31. The second kappa shape index (κ2) is 7.84. The van der Waals surface area contributed by atoms with E-state index < -0.39 is 0 Å². The molecule has 21 heavy (non-hydrogen) atoms. The van der Waals surface area contributed by atoms with E-state index >= 15 is 0 Å². The van der Waals surface area contributed by atoms with Crippen LogP contribution >= 0.6 is 11.6 Å². The summed E-state index contributed by atoms with van der Waals surface area (Å²) in [6.07, 6.45) is 0.972. The average molecular weight is 315 g/mol. The highest BCUT2D eigenvalue weighted by molar-refractivity contribution is 6.32. The zero-order valence-corrected chi connectivity index (χ0v) is 13.3. The molecule has 1 aromatic rings. The summed E-state index contributed by atoms with van der Waals surface area (Å²) in [5.41, 5.74) is 6.87. The van der Waals surface area contributed by atoms with E-state index in [1.165, 1.54) is 0 Å². The maximum absolute atomic E-state index is 6.31. The lowest BCUT2D eigenvalue weighted by Gasteiger charge is -2.21. The maximum atomic E-state index is 6.31. The molecule has 0 bridgehead atoms. The lowest BCUT2D eigenvalue weighted by molar-refractivity contribution is 0.114. The fraction of sp³-hybridized carbons (Fsp3) is 0.600. The smallest absolute Gasteiger partial charge is 0.179 e. The first-order valence-electron chi connectivity index (χ1n) is 7.21. The minimum atomic E-state index is -0.00254. The molecule has 1 aromatic carbocycles. The van der Waals surface area contributed by atoms with Gasteiger partial charge in [-0.2, -0.15) is 0 Å². The number of nitrogens with two attached hydrogens (primary N) is 1. The quantitative estimate of drug-likeness (QED) is 0.842. The van der Waals surface area contributed by atoms with Crippen LogP contribution in [0, 0.1) is 0 Å². The fourth-order valence-corrected chi connectivity index (χ4v) is 2.45. The van der Waals surface area contributed by atoms with E-state index in [-0.39, 0.29) is 12.1 Å². The van der Waals surface area contributed by atoms with Gasteiger partial charge in [-0.15, -0.1) is 0 Å². The zero-order chi connectivity index (χ0) is 15.2. The second-order valence-electron chi connectivity index (χ2n) is 5.12. The van der Waals surface area contributed by atoms with Crippen molar-refractivity contribution in [1.82, 2.24) is 5.32 Å². The number of hydrogen-bond donors (Lipinski definition) is 2. The Balaban J connectivity index is 2.17. The maximum Gasteiger partial charge on any atom is 0.179 e. The molecule has 0 fully saturated rings. The van der Waals surface area contributed by atoms with Crippen LogP contribution in [0.25, 0.3) is 0 Å². The molecule has 5 nitrogen and oxygen atoms in total. The molecule has 6 heteroatoms. The van der Waals surface area contributed by atoms with Crippen LogP contribution in [-0.4, -0.2) is 39.5 Å². The molecule has 0 saturated carbocycles. The summed E-state index contributed by atoms with van der Waals surface area (Å²) in [7, 11) is 1.69. The number of nitrogens with one attached hydrogen (secondary N) is 1. The summed E-state index contributed by atoms with van der Waals surface area (Å²) in [6.45, 7) is 4.43. The minimum absolute atomic E-state index is 0.00254. The van der Waals surface area contributed by atoms with Crippen molar-refractivity contribution >= 4 is 11.6 Å². The molecular formula is C15H23ClN2O3. The van der Waals surface area contributed by atoms with Gasteiger partial charge in [0.2, 0.25) is 0 Å². The third kappa shape index (κ3) is 4.23. The van der Waals surface area contributed by atoms with Gasteiger partial charge in [0, 0.05) is 32.7 Å². The Bertz CT molecular complexity index is 470. The van der Waals surface area contributed by atoms with Gasteiger partial charge < -0.3 is 25.3 Å². The average Bonchev–Trinajstić information content (AvgIpc) is 2.73. The molecule has 0 spiro atoms. The number of hydrogen-bond acceptors (Lipinski definition) is 5. The number of halogens is 1. The van der Waals surface area contributed by atoms with Gasteiger partial charge in [-0.25, -0.2) is 0 Å². The van der Waals surface area contributed by atoms with E-state index in [1.54, 1.807) is 7.11 Å². The third-order valence-corrected chi connectivity index (χ3v) is 3.80. The van der Waals surface area contributed by atoms with Crippen LogP contribution in [0.4, 0.5) is 0 Å². The molecule has 1 aliphatic heterocycles. The van der Waals surface area contributed by atoms with E-state index in [4.69, 9.17) is 31.5 Å². The molecular weight excluding hydrogens is 292 g/mol. The lowest BCUT2D eigenvalue weighted by atomic mass is 10.1. The molecule has 1 heterocycles. The van der Waals surface area contributed by atoms with Crippen molar-refractivity contribution < 1.29 is 14.2 Å². The Hall–Kier alpha value is -1.01. The predicted octanol–water partition coefficient (Wildman–Crippen LogP) is 2.13. The van der Waals surface area contributed by atoms with Crippen LogP contribution < -0.4 is 20.5 Å². The van der Waals surface area contributed by atoms with Crippen LogP contribution in [0.15, 0.2) is 12.1 Å². The van der Waals surface area contributed by atoms with Crippen LogP contribution in [0.1, 0.15) is 24.9 Å². The Morgan fingerprint density at radius 3 is 2.86 bits per heavy atom. The topological polar surface area (TPSA) is 65.7 Å². The Morgan fingerprint density at radius 1 is 1.38 bits per heavy atom. The van der Waals surface area contributed by atoms with Gasteiger partial charge in [0.1, 0.15) is 0 Å². The summed E-state index contributed by atoms with van der Waals surface area (Å²) < 4.78 is 16.6. The first-order chi connectivity index (χ1) is 10.2. The van der Waals surface area contributed by atoms with Crippen LogP contribution in [0.5, 0.6) is 11.5 Å². The lowest BCUT2D eigenvalue weighted by Crippen LogP contribution is -2.34. The molecule has 0 amide bonds. The molecule has 2 atom stereocenters. The molecule has 1 aliphatic rings.